The number of nitrogens with one attached hydrogen (secondary N) is 3. The molecule has 148 valence electrons. The van der Waals surface area contributed by atoms with Gasteiger partial charge in [-0.1, -0.05) is 36.4 Å². The van der Waals surface area contributed by atoms with Crippen LogP contribution in [-0.2, 0) is 24.3 Å². The maximum absolute atomic E-state index is 12.2. The maximum Gasteiger partial charge on any atom is 0.324 e. The van der Waals surface area contributed by atoms with Gasteiger partial charge in [-0.25, -0.2) is 8.42 Å². The predicted octanol–water partition coefficient (Wildman–Crippen LogP) is 0.358. The summed E-state index contributed by atoms with van der Waals surface area (Å²) in [6.45, 7) is 0.600. The third-order valence-corrected chi connectivity index (χ3v) is 4.99. The maximum atomic E-state index is 12.2. The molecule has 0 unspecified atom stereocenters. The van der Waals surface area contributed by atoms with Crippen LogP contribution in [0.25, 0.3) is 0 Å². The van der Waals surface area contributed by atoms with Gasteiger partial charge in [0.1, 0.15) is 6.04 Å². The third kappa shape index (κ3) is 6.18. The van der Waals surface area contributed by atoms with E-state index < -0.39 is 40.5 Å². The number of ether oxygens (including phenoxy) is 1. The van der Waals surface area contributed by atoms with E-state index in [0.717, 1.165) is 0 Å². The summed E-state index contributed by atoms with van der Waals surface area (Å²) in [5.41, 5.74) is 4.60. The number of carbonyl (C=O) groups is 3. The second-order valence-electron chi connectivity index (χ2n) is 5.63. The number of sulfonamides is 1. The molecule has 10 heteroatoms. The Bertz CT molecular complexity index is 932. The van der Waals surface area contributed by atoms with Crippen LogP contribution in [0.5, 0.6) is 0 Å². The lowest BCUT2D eigenvalue weighted by Crippen LogP contribution is -2.45. The van der Waals surface area contributed by atoms with Crippen LogP contribution in [0.1, 0.15) is 17.3 Å². The number of hydrogen-bond acceptors (Lipinski definition) is 6. The number of esters is 1. The molecule has 0 radical (unpaired) electrons. The molecule has 1 atom stereocenters. The first-order valence-corrected chi connectivity index (χ1v) is 9.66. The summed E-state index contributed by atoms with van der Waals surface area (Å²) in [5.74, 6) is -2.26. The van der Waals surface area contributed by atoms with Gasteiger partial charge in [0, 0.05) is 5.56 Å². The zero-order valence-electron chi connectivity index (χ0n) is 14.9. The molecule has 0 aromatic heterocycles. The third-order valence-electron chi connectivity index (χ3n) is 3.44. The zero-order chi connectivity index (χ0) is 20.6. The van der Waals surface area contributed by atoms with Gasteiger partial charge in [0.25, 0.3) is 11.8 Å². The van der Waals surface area contributed by atoms with Crippen LogP contribution in [0.2, 0.25) is 0 Å². The average molecular weight is 405 g/mol. The van der Waals surface area contributed by atoms with Crippen molar-refractivity contribution in [3.05, 3.63) is 66.2 Å². The first-order valence-electron chi connectivity index (χ1n) is 8.18. The molecule has 9 nitrogen and oxygen atoms in total. The molecule has 28 heavy (non-hydrogen) atoms. The van der Waals surface area contributed by atoms with Gasteiger partial charge >= 0.3 is 5.97 Å². The van der Waals surface area contributed by atoms with Gasteiger partial charge in [0.2, 0.25) is 10.0 Å². The van der Waals surface area contributed by atoms with Crippen LogP contribution in [-0.4, -0.2) is 38.9 Å². The minimum absolute atomic E-state index is 0.00369. The largest absolute Gasteiger partial charge is 0.454 e. The normalized spacial score (nSPS) is 11.9. The molecule has 0 aliphatic heterocycles. The summed E-state index contributed by atoms with van der Waals surface area (Å²) < 4.78 is 31.2. The van der Waals surface area contributed by atoms with Crippen molar-refractivity contribution in [3.63, 3.8) is 0 Å². The fourth-order valence-corrected chi connectivity index (χ4v) is 3.25. The Hall–Kier alpha value is -3.24. The Morgan fingerprint density at radius 3 is 2.11 bits per heavy atom. The summed E-state index contributed by atoms with van der Waals surface area (Å²) in [7, 11) is -3.90. The first-order chi connectivity index (χ1) is 13.3. The summed E-state index contributed by atoms with van der Waals surface area (Å²) in [5, 5.41) is 0. The van der Waals surface area contributed by atoms with Gasteiger partial charge in [0.05, 0.1) is 4.90 Å². The van der Waals surface area contributed by atoms with Gasteiger partial charge < -0.3 is 4.74 Å². The minimum atomic E-state index is -3.90. The number of benzene rings is 2. The Labute approximate surface area is 162 Å². The van der Waals surface area contributed by atoms with E-state index in [-0.39, 0.29) is 4.90 Å². The Kier molecular flexibility index (Phi) is 7.24. The highest BCUT2D eigenvalue weighted by Crippen LogP contribution is 2.08. The lowest BCUT2D eigenvalue weighted by molar-refractivity contribution is -0.149. The van der Waals surface area contributed by atoms with E-state index in [1.54, 1.807) is 48.5 Å². The van der Waals surface area contributed by atoms with E-state index in [1.807, 2.05) is 0 Å². The molecule has 0 spiro atoms. The molecular weight excluding hydrogens is 386 g/mol. The highest BCUT2D eigenvalue weighted by molar-refractivity contribution is 7.89. The van der Waals surface area contributed by atoms with Crippen LogP contribution in [0.15, 0.2) is 65.6 Å². The smallest absolute Gasteiger partial charge is 0.324 e. The molecule has 0 aliphatic carbocycles. The Morgan fingerprint density at radius 2 is 1.50 bits per heavy atom. The summed E-state index contributed by atoms with van der Waals surface area (Å²) >= 11 is 0. The van der Waals surface area contributed by atoms with E-state index in [4.69, 9.17) is 4.74 Å². The molecule has 0 bridgehead atoms. The number of hydrazine groups is 1. The Balaban J connectivity index is 1.78. The number of hydrogen-bond donors (Lipinski definition) is 3. The van der Waals surface area contributed by atoms with Gasteiger partial charge in [-0.3, -0.25) is 25.2 Å². The van der Waals surface area contributed by atoms with E-state index in [2.05, 4.69) is 15.6 Å². The second-order valence-corrected chi connectivity index (χ2v) is 7.35. The van der Waals surface area contributed by atoms with Crippen LogP contribution in [0.4, 0.5) is 0 Å². The van der Waals surface area contributed by atoms with Gasteiger partial charge in [0.15, 0.2) is 6.61 Å². The topological polar surface area (TPSA) is 131 Å². The minimum Gasteiger partial charge on any atom is -0.454 e. The molecule has 0 saturated heterocycles. The predicted molar refractivity (Wildman–Crippen MR) is 99.2 cm³/mol. The summed E-state index contributed by atoms with van der Waals surface area (Å²) in [6, 6.07) is 14.5. The lowest BCUT2D eigenvalue weighted by Gasteiger charge is -2.14. The van der Waals surface area contributed by atoms with Crippen molar-refractivity contribution in [2.45, 2.75) is 17.9 Å². The van der Waals surface area contributed by atoms with Crippen molar-refractivity contribution in [2.75, 3.05) is 6.61 Å². The van der Waals surface area contributed by atoms with Crippen LogP contribution < -0.4 is 15.6 Å². The first kappa shape index (κ1) is 21.1. The molecule has 0 heterocycles. The van der Waals surface area contributed by atoms with Crippen molar-refractivity contribution in [3.8, 4) is 0 Å². The standard InChI is InChI=1S/C18H19N3O6S/c1-13(21-28(25,26)15-10-6-3-7-11-15)18(24)27-12-16(22)19-20-17(23)14-8-4-2-5-9-14/h2-11,13,21H,12H2,1H3,(H,19,22)(H,20,23)/t13-/m0/s1. The van der Waals surface area contributed by atoms with E-state index in [9.17, 15) is 22.8 Å². The molecule has 2 rings (SSSR count). The van der Waals surface area contributed by atoms with E-state index >= 15 is 0 Å². The SMILES string of the molecule is C[C@H](NS(=O)(=O)c1ccccc1)C(=O)OCC(=O)NNC(=O)c1ccccc1. The average Bonchev–Trinajstić information content (AvgIpc) is 2.71. The van der Waals surface area contributed by atoms with Gasteiger partial charge in [-0.2, -0.15) is 4.72 Å². The van der Waals surface area contributed by atoms with Gasteiger partial charge in [-0.05, 0) is 31.2 Å². The van der Waals surface area contributed by atoms with Crippen LogP contribution >= 0.6 is 0 Å². The van der Waals surface area contributed by atoms with Crippen molar-refractivity contribution < 1.29 is 27.5 Å². The molecule has 2 amide bonds. The molecular formula is C18H19N3O6S. The van der Waals surface area contributed by atoms with Crippen LogP contribution in [0.3, 0.4) is 0 Å². The van der Waals surface area contributed by atoms with E-state index in [0.29, 0.717) is 5.56 Å². The second kappa shape index (κ2) is 9.62. The highest BCUT2D eigenvalue weighted by Gasteiger charge is 2.23. The molecule has 0 saturated carbocycles. The molecule has 2 aromatic carbocycles. The quantitative estimate of drug-likeness (QED) is 0.450. The van der Waals surface area contributed by atoms with Crippen molar-refractivity contribution >= 4 is 27.8 Å². The number of amides is 2. The fourth-order valence-electron chi connectivity index (χ4n) is 2.03. The van der Waals surface area contributed by atoms with Crippen molar-refractivity contribution in [1.29, 1.82) is 0 Å². The summed E-state index contributed by atoms with van der Waals surface area (Å²) in [4.78, 5) is 35.3. The van der Waals surface area contributed by atoms with Crippen molar-refractivity contribution in [2.24, 2.45) is 0 Å². The molecule has 3 N–H and O–H groups in total. The van der Waals surface area contributed by atoms with Gasteiger partial charge in [-0.15, -0.1) is 0 Å². The number of rotatable bonds is 7. The molecule has 0 aliphatic rings. The van der Waals surface area contributed by atoms with Crippen LogP contribution in [0, 0.1) is 0 Å². The summed E-state index contributed by atoms with van der Waals surface area (Å²) in [6.07, 6.45) is 0. The highest BCUT2D eigenvalue weighted by atomic mass is 32.2. The number of carbonyl (C=O) groups excluding carboxylic acids is 3. The van der Waals surface area contributed by atoms with Crippen molar-refractivity contribution in [1.82, 2.24) is 15.6 Å². The molecule has 2 aromatic rings. The molecule has 0 fully saturated rings. The lowest BCUT2D eigenvalue weighted by atomic mass is 10.2. The zero-order valence-corrected chi connectivity index (χ0v) is 15.7. The monoisotopic (exact) mass is 405 g/mol. The fraction of sp³-hybridized carbons (Fsp3) is 0.167. The Morgan fingerprint density at radius 1 is 0.929 bits per heavy atom. The van der Waals surface area contributed by atoms with E-state index in [1.165, 1.54) is 19.1 Å².